The molecular formula is C14H20O3Si. The van der Waals surface area contributed by atoms with E-state index in [0.717, 1.165) is 17.5 Å². The molecule has 0 aliphatic rings. The lowest BCUT2D eigenvalue weighted by atomic mass is 10.1. The zero-order valence-corrected chi connectivity index (χ0v) is 12.2. The molecule has 0 N–H and O–H groups in total. The average Bonchev–Trinajstić information content (AvgIpc) is 2.44. The Morgan fingerprint density at radius 1 is 1.28 bits per heavy atom. The fourth-order valence-corrected chi connectivity index (χ4v) is 2.37. The fraction of sp³-hybridized carbons (Fsp3) is 0.429. The first kappa shape index (κ1) is 15.1. The minimum Gasteiger partial charge on any atom is -0.408 e. The van der Waals surface area contributed by atoms with Crippen molar-refractivity contribution in [2.24, 2.45) is 0 Å². The standard InChI is InChI=1S/C14H20O3Si/c1-5-12-9-7-8-10-13(12)11-17-18-14(6-2,15-3)16-4/h5,7-10H,1,6,11H2,2-4H3. The summed E-state index contributed by atoms with van der Waals surface area (Å²) >= 11 is 0. The summed E-state index contributed by atoms with van der Waals surface area (Å²) in [4.78, 5) is 0. The maximum atomic E-state index is 5.73. The number of methoxy groups -OCH3 is 2. The van der Waals surface area contributed by atoms with Crippen LogP contribution in [-0.2, 0) is 20.5 Å². The molecule has 3 nitrogen and oxygen atoms in total. The lowest BCUT2D eigenvalue weighted by molar-refractivity contribution is -0.153. The quantitative estimate of drug-likeness (QED) is 0.534. The van der Waals surface area contributed by atoms with Crippen LogP contribution in [0.25, 0.3) is 6.08 Å². The van der Waals surface area contributed by atoms with Gasteiger partial charge in [0.1, 0.15) is 0 Å². The Morgan fingerprint density at radius 3 is 2.50 bits per heavy atom. The molecule has 1 aromatic carbocycles. The molecule has 0 amide bonds. The second-order valence-electron chi connectivity index (χ2n) is 3.81. The molecule has 0 aliphatic carbocycles. The molecule has 18 heavy (non-hydrogen) atoms. The highest BCUT2D eigenvalue weighted by Crippen LogP contribution is 2.16. The molecule has 0 saturated carbocycles. The van der Waals surface area contributed by atoms with Gasteiger partial charge in [0.05, 0.1) is 6.61 Å². The highest BCUT2D eigenvalue weighted by molar-refractivity contribution is 6.31. The predicted octanol–water partition coefficient (Wildman–Crippen LogP) is 2.82. The molecule has 1 rings (SSSR count). The lowest BCUT2D eigenvalue weighted by Crippen LogP contribution is -2.41. The highest BCUT2D eigenvalue weighted by atomic mass is 28.2. The summed E-state index contributed by atoms with van der Waals surface area (Å²) in [7, 11) is 3.42. The van der Waals surface area contributed by atoms with E-state index in [0.29, 0.717) is 6.61 Å². The van der Waals surface area contributed by atoms with E-state index in [-0.39, 0.29) is 9.76 Å². The maximum Gasteiger partial charge on any atom is 0.304 e. The first-order valence-corrected chi connectivity index (χ1v) is 6.81. The van der Waals surface area contributed by atoms with Crippen LogP contribution >= 0.6 is 0 Å². The Hall–Kier alpha value is -0.943. The van der Waals surface area contributed by atoms with E-state index >= 15 is 0 Å². The Labute approximate surface area is 112 Å². The van der Waals surface area contributed by atoms with Gasteiger partial charge in [-0.3, -0.25) is 0 Å². The van der Waals surface area contributed by atoms with Crippen LogP contribution in [0.1, 0.15) is 24.5 Å². The van der Waals surface area contributed by atoms with Crippen molar-refractivity contribution in [2.45, 2.75) is 25.4 Å². The zero-order valence-electron chi connectivity index (χ0n) is 11.2. The lowest BCUT2D eigenvalue weighted by Gasteiger charge is -2.27. The Kier molecular flexibility index (Phi) is 6.28. The zero-order chi connectivity index (χ0) is 13.4. The van der Waals surface area contributed by atoms with Crippen molar-refractivity contribution in [3.63, 3.8) is 0 Å². The van der Waals surface area contributed by atoms with Crippen molar-refractivity contribution >= 4 is 15.8 Å². The van der Waals surface area contributed by atoms with Gasteiger partial charge in [0, 0.05) is 14.2 Å². The van der Waals surface area contributed by atoms with Gasteiger partial charge in [-0.2, -0.15) is 0 Å². The predicted molar refractivity (Wildman–Crippen MR) is 74.1 cm³/mol. The second-order valence-corrected chi connectivity index (χ2v) is 5.06. The average molecular weight is 264 g/mol. The van der Waals surface area contributed by atoms with Crippen LogP contribution in [0.2, 0.25) is 0 Å². The van der Waals surface area contributed by atoms with Gasteiger partial charge < -0.3 is 13.9 Å². The second kappa shape index (κ2) is 7.48. The molecule has 0 aliphatic heterocycles. The largest absolute Gasteiger partial charge is 0.408 e. The van der Waals surface area contributed by atoms with Crippen LogP contribution in [0, 0.1) is 0 Å². The molecule has 0 fully saturated rings. The van der Waals surface area contributed by atoms with Crippen LogP contribution < -0.4 is 0 Å². The van der Waals surface area contributed by atoms with Crippen molar-refractivity contribution in [2.75, 3.05) is 14.2 Å². The third-order valence-electron chi connectivity index (χ3n) is 2.86. The number of hydrogen-bond acceptors (Lipinski definition) is 3. The number of benzene rings is 1. The fourth-order valence-electron chi connectivity index (χ4n) is 1.62. The van der Waals surface area contributed by atoms with E-state index < -0.39 is 5.41 Å². The summed E-state index contributed by atoms with van der Waals surface area (Å²) in [5, 5.41) is 0. The van der Waals surface area contributed by atoms with E-state index in [1.54, 1.807) is 14.2 Å². The van der Waals surface area contributed by atoms with Crippen LogP contribution in [-0.4, -0.2) is 29.4 Å². The Morgan fingerprint density at radius 2 is 1.94 bits per heavy atom. The van der Waals surface area contributed by atoms with Crippen LogP contribution in [0.3, 0.4) is 0 Å². The molecule has 0 spiro atoms. The van der Waals surface area contributed by atoms with Gasteiger partial charge in [-0.05, 0) is 17.5 Å². The van der Waals surface area contributed by atoms with Crippen molar-refractivity contribution in [1.82, 2.24) is 0 Å². The Bertz CT molecular complexity index is 367. The molecule has 0 atom stereocenters. The van der Waals surface area contributed by atoms with Gasteiger partial charge in [0.15, 0.2) is 5.41 Å². The van der Waals surface area contributed by atoms with Crippen LogP contribution in [0.5, 0.6) is 0 Å². The summed E-state index contributed by atoms with van der Waals surface area (Å²) in [5.74, 6) is 0. The third-order valence-corrected chi connectivity index (χ3v) is 4.22. The maximum absolute atomic E-state index is 5.73. The molecule has 0 aromatic heterocycles. The minimum absolute atomic E-state index is 0.138. The molecule has 0 unspecified atom stereocenters. The monoisotopic (exact) mass is 264 g/mol. The summed E-state index contributed by atoms with van der Waals surface area (Å²) < 4.78 is 16.5. The normalized spacial score (nSPS) is 11.5. The molecule has 98 valence electrons. The minimum atomic E-state index is -0.622. The molecular weight excluding hydrogens is 244 g/mol. The first-order valence-electron chi connectivity index (χ1n) is 5.91. The van der Waals surface area contributed by atoms with Gasteiger partial charge in [0.25, 0.3) is 0 Å². The smallest absolute Gasteiger partial charge is 0.304 e. The SMILES string of the molecule is C=Cc1ccccc1CO[Si]C(CC)(OC)OC. The number of rotatable bonds is 8. The van der Waals surface area contributed by atoms with Gasteiger partial charge >= 0.3 is 9.76 Å². The molecule has 0 saturated heterocycles. The van der Waals surface area contributed by atoms with E-state index in [1.807, 2.05) is 37.3 Å². The summed E-state index contributed by atoms with van der Waals surface area (Å²) in [6.07, 6.45) is 2.59. The molecule has 2 radical (unpaired) electrons. The first-order chi connectivity index (χ1) is 8.71. The topological polar surface area (TPSA) is 27.7 Å². The van der Waals surface area contributed by atoms with E-state index in [9.17, 15) is 0 Å². The summed E-state index contributed by atoms with van der Waals surface area (Å²) in [6, 6.07) is 8.04. The molecule has 0 heterocycles. The van der Waals surface area contributed by atoms with Crippen LogP contribution in [0.15, 0.2) is 30.8 Å². The molecule has 4 heteroatoms. The van der Waals surface area contributed by atoms with Gasteiger partial charge in [0.2, 0.25) is 0 Å². The molecule has 0 bridgehead atoms. The summed E-state index contributed by atoms with van der Waals surface area (Å²) in [6.45, 7) is 6.35. The van der Waals surface area contributed by atoms with Crippen molar-refractivity contribution in [3.8, 4) is 0 Å². The van der Waals surface area contributed by atoms with Crippen molar-refractivity contribution in [1.29, 1.82) is 0 Å². The van der Waals surface area contributed by atoms with Gasteiger partial charge in [-0.1, -0.05) is 43.8 Å². The summed E-state index contributed by atoms with van der Waals surface area (Å²) in [5.41, 5.74) is 1.60. The molecule has 1 aromatic rings. The number of ether oxygens (including phenoxy) is 2. The van der Waals surface area contributed by atoms with Crippen LogP contribution in [0.4, 0.5) is 0 Å². The van der Waals surface area contributed by atoms with Gasteiger partial charge in [-0.15, -0.1) is 0 Å². The Balaban J connectivity index is 2.58. The van der Waals surface area contributed by atoms with E-state index in [2.05, 4.69) is 6.58 Å². The van der Waals surface area contributed by atoms with Crippen molar-refractivity contribution in [3.05, 3.63) is 42.0 Å². The highest BCUT2D eigenvalue weighted by Gasteiger charge is 2.30. The van der Waals surface area contributed by atoms with E-state index in [4.69, 9.17) is 13.9 Å². The van der Waals surface area contributed by atoms with Crippen molar-refractivity contribution < 1.29 is 13.9 Å². The van der Waals surface area contributed by atoms with E-state index in [1.165, 1.54) is 0 Å². The van der Waals surface area contributed by atoms with Gasteiger partial charge in [-0.25, -0.2) is 0 Å². The number of hydrogen-bond donors (Lipinski definition) is 0. The third kappa shape index (κ3) is 3.78.